The van der Waals surface area contributed by atoms with Crippen molar-refractivity contribution in [2.24, 2.45) is 0 Å². The van der Waals surface area contributed by atoms with E-state index in [4.69, 9.17) is 4.74 Å². The molecule has 0 bridgehead atoms. The summed E-state index contributed by atoms with van der Waals surface area (Å²) < 4.78 is 5.58. The minimum absolute atomic E-state index is 0.713. The second-order valence-electron chi connectivity index (χ2n) is 7.86. The van der Waals surface area contributed by atoms with Gasteiger partial charge < -0.3 is 4.74 Å². The fraction of sp³-hybridized carbons (Fsp3) is 0.543. The van der Waals surface area contributed by atoms with E-state index in [1.807, 2.05) is 41.5 Å². The molecule has 0 aliphatic rings. The highest BCUT2D eigenvalue weighted by atomic mass is 32.1. The van der Waals surface area contributed by atoms with Crippen LogP contribution in [-0.2, 0) is 5.75 Å². The zero-order chi connectivity index (χ0) is 28.9. The van der Waals surface area contributed by atoms with E-state index in [9.17, 15) is 0 Å². The fourth-order valence-corrected chi connectivity index (χ4v) is 3.54. The van der Waals surface area contributed by atoms with Crippen LogP contribution in [0.2, 0.25) is 0 Å². The van der Waals surface area contributed by atoms with Gasteiger partial charge in [-0.25, -0.2) is 0 Å². The lowest BCUT2D eigenvalue weighted by Crippen LogP contribution is -1.98. The van der Waals surface area contributed by atoms with Gasteiger partial charge in [0.15, 0.2) is 0 Å². The first-order valence-corrected chi connectivity index (χ1v) is 15.6. The summed E-state index contributed by atoms with van der Waals surface area (Å²) in [5, 5.41) is 2.59. The molecule has 0 spiro atoms. The van der Waals surface area contributed by atoms with Gasteiger partial charge in [-0.2, -0.15) is 12.6 Å². The van der Waals surface area contributed by atoms with E-state index in [1.165, 1.54) is 47.6 Å². The van der Waals surface area contributed by atoms with Crippen molar-refractivity contribution in [2.45, 2.75) is 120 Å². The third kappa shape index (κ3) is 18.9. The molecule has 3 aromatic rings. The third-order valence-corrected chi connectivity index (χ3v) is 5.32. The molecule has 0 fully saturated rings. The number of thiol groups is 1. The summed E-state index contributed by atoms with van der Waals surface area (Å²) in [6, 6.07) is 23.4. The highest BCUT2D eigenvalue weighted by molar-refractivity contribution is 7.79. The van der Waals surface area contributed by atoms with Crippen molar-refractivity contribution in [3.05, 3.63) is 77.9 Å². The maximum atomic E-state index is 5.58. The molecule has 0 N–H and O–H groups in total. The Morgan fingerprint density at radius 2 is 1.22 bits per heavy atom. The first-order valence-electron chi connectivity index (χ1n) is 14.9. The Hall–Kier alpha value is -1.93. The van der Waals surface area contributed by atoms with Crippen molar-refractivity contribution in [1.29, 1.82) is 0 Å². The van der Waals surface area contributed by atoms with Crippen molar-refractivity contribution in [2.75, 3.05) is 6.61 Å². The summed E-state index contributed by atoms with van der Waals surface area (Å²) in [6.45, 7) is 23.7. The predicted molar refractivity (Wildman–Crippen MR) is 177 cm³/mol. The lowest BCUT2D eigenvalue weighted by molar-refractivity contribution is 0.317. The van der Waals surface area contributed by atoms with Gasteiger partial charge >= 0.3 is 0 Å². The Labute approximate surface area is 237 Å². The van der Waals surface area contributed by atoms with Crippen LogP contribution in [0.1, 0.15) is 125 Å². The molecule has 1 unspecified atom stereocenters. The van der Waals surface area contributed by atoms with Gasteiger partial charge in [0.25, 0.3) is 0 Å². The van der Waals surface area contributed by atoms with Crippen LogP contribution in [0.15, 0.2) is 66.7 Å². The quantitative estimate of drug-likeness (QED) is 0.286. The van der Waals surface area contributed by atoms with Crippen LogP contribution < -0.4 is 4.74 Å². The molecule has 1 nitrogen and oxygen atoms in total. The van der Waals surface area contributed by atoms with Gasteiger partial charge in [0.1, 0.15) is 5.75 Å². The average molecular weight is 529 g/mol. The molecule has 0 radical (unpaired) electrons. The van der Waals surface area contributed by atoms with E-state index in [0.717, 1.165) is 24.5 Å². The molecule has 0 amide bonds. The normalized spacial score (nSPS) is 9.73. The van der Waals surface area contributed by atoms with Crippen molar-refractivity contribution in [3.63, 3.8) is 0 Å². The van der Waals surface area contributed by atoms with Gasteiger partial charge in [-0.3, -0.25) is 0 Å². The Bertz CT molecular complexity index is 826. The van der Waals surface area contributed by atoms with Gasteiger partial charge in [-0.1, -0.05) is 144 Å². The van der Waals surface area contributed by atoms with E-state index >= 15 is 0 Å². The van der Waals surface area contributed by atoms with Gasteiger partial charge in [-0.05, 0) is 59.2 Å². The molecule has 0 aliphatic carbocycles. The molecule has 0 heterocycles. The average Bonchev–Trinajstić information content (AvgIpc) is 2.98. The largest absolute Gasteiger partial charge is 0.494 e. The topological polar surface area (TPSA) is 9.23 Å². The SMILES string of the molecule is CC.CC.CC.CCC.CCCOc1ccc(C(CC)CCC)cc1.SCc1ccc2ccccc2c1. The second kappa shape index (κ2) is 30.3. The van der Waals surface area contributed by atoms with Crippen molar-refractivity contribution in [1.82, 2.24) is 0 Å². The summed E-state index contributed by atoms with van der Waals surface area (Å²) >= 11 is 4.24. The first kappa shape index (κ1) is 39.6. The summed E-state index contributed by atoms with van der Waals surface area (Å²) in [7, 11) is 0. The molecule has 1 atom stereocenters. The summed E-state index contributed by atoms with van der Waals surface area (Å²) in [5.41, 5.74) is 2.73. The van der Waals surface area contributed by atoms with Crippen LogP contribution in [0.4, 0.5) is 0 Å². The molecule has 0 saturated carbocycles. The van der Waals surface area contributed by atoms with Gasteiger partial charge in [0.2, 0.25) is 0 Å². The van der Waals surface area contributed by atoms with E-state index in [1.54, 1.807) is 0 Å². The molecule has 0 aromatic heterocycles. The molecule has 3 rings (SSSR count). The molecular weight excluding hydrogens is 468 g/mol. The highest BCUT2D eigenvalue weighted by Crippen LogP contribution is 2.26. The molecule has 37 heavy (non-hydrogen) atoms. The van der Waals surface area contributed by atoms with Gasteiger partial charge in [0.05, 0.1) is 6.61 Å². The maximum absolute atomic E-state index is 5.58. The van der Waals surface area contributed by atoms with Crippen LogP contribution in [0.5, 0.6) is 5.75 Å². The zero-order valence-corrected chi connectivity index (χ0v) is 27.1. The predicted octanol–water partition coefficient (Wildman–Crippen LogP) is 12.5. The van der Waals surface area contributed by atoms with E-state index < -0.39 is 0 Å². The number of hydrogen-bond acceptors (Lipinski definition) is 2. The Morgan fingerprint density at radius 3 is 1.68 bits per heavy atom. The monoisotopic (exact) mass is 528 g/mol. The molecule has 2 heteroatoms. The Balaban J connectivity index is -0.000000485. The van der Waals surface area contributed by atoms with Crippen LogP contribution in [-0.4, -0.2) is 6.61 Å². The Morgan fingerprint density at radius 1 is 0.676 bits per heavy atom. The number of hydrogen-bond donors (Lipinski definition) is 1. The van der Waals surface area contributed by atoms with E-state index in [2.05, 4.69) is 114 Å². The summed E-state index contributed by atoms with van der Waals surface area (Å²) in [4.78, 5) is 0. The van der Waals surface area contributed by atoms with Crippen molar-refractivity contribution in [3.8, 4) is 5.75 Å². The molecule has 0 saturated heterocycles. The molecule has 3 aromatic carbocycles. The Kier molecular flexibility index (Phi) is 32.4. The third-order valence-electron chi connectivity index (χ3n) is 4.95. The van der Waals surface area contributed by atoms with Crippen LogP contribution in [0.25, 0.3) is 10.8 Å². The van der Waals surface area contributed by atoms with Crippen LogP contribution in [0, 0.1) is 0 Å². The van der Waals surface area contributed by atoms with Crippen molar-refractivity contribution >= 4 is 23.4 Å². The first-order chi connectivity index (χ1) is 18.1. The minimum Gasteiger partial charge on any atom is -0.494 e. The van der Waals surface area contributed by atoms with Crippen molar-refractivity contribution < 1.29 is 4.74 Å². The summed E-state index contributed by atoms with van der Waals surface area (Å²) in [6.07, 6.45) is 6.08. The molecule has 0 aliphatic heterocycles. The minimum atomic E-state index is 0.713. The van der Waals surface area contributed by atoms with E-state index in [-0.39, 0.29) is 0 Å². The lowest BCUT2D eigenvalue weighted by atomic mass is 9.92. The maximum Gasteiger partial charge on any atom is 0.119 e. The summed E-state index contributed by atoms with van der Waals surface area (Å²) in [5.74, 6) is 2.52. The van der Waals surface area contributed by atoms with Gasteiger partial charge in [-0.15, -0.1) is 0 Å². The smallest absolute Gasteiger partial charge is 0.119 e. The lowest BCUT2D eigenvalue weighted by Gasteiger charge is -2.14. The number of rotatable bonds is 8. The highest BCUT2D eigenvalue weighted by Gasteiger charge is 2.07. The zero-order valence-electron chi connectivity index (χ0n) is 26.2. The molecular formula is C35H60OS. The fourth-order valence-electron chi connectivity index (χ4n) is 3.35. The van der Waals surface area contributed by atoms with E-state index in [0.29, 0.717) is 5.92 Å². The number of ether oxygens (including phenoxy) is 1. The van der Waals surface area contributed by atoms with Crippen LogP contribution >= 0.6 is 12.6 Å². The molecule has 212 valence electrons. The van der Waals surface area contributed by atoms with Crippen LogP contribution in [0.3, 0.4) is 0 Å². The number of fused-ring (bicyclic) bond motifs is 1. The second-order valence-corrected chi connectivity index (χ2v) is 8.17. The number of benzene rings is 3. The van der Waals surface area contributed by atoms with Gasteiger partial charge in [0, 0.05) is 5.75 Å². The standard InChI is InChI=1S/C15H24O.C11H10S.C3H8.3C2H6/c1-4-7-13(6-3)14-8-10-15(11-9-14)16-12-5-2;12-8-9-5-6-10-3-1-2-4-11(10)7-9;1-3-2;3*1-2/h8-11,13H,4-7,12H2,1-3H3;1-7,12H,8H2;3H2,1-2H3;3*1-2H3.